The number of nitrogens with zero attached hydrogens (tertiary/aromatic N) is 2. The zero-order chi connectivity index (χ0) is 17.2. The van der Waals surface area contributed by atoms with Crippen LogP contribution >= 0.6 is 0 Å². The van der Waals surface area contributed by atoms with Gasteiger partial charge in [0.15, 0.2) is 5.96 Å². The summed E-state index contributed by atoms with van der Waals surface area (Å²) >= 11 is 0. The van der Waals surface area contributed by atoms with Crippen molar-refractivity contribution in [2.45, 2.75) is 6.54 Å². The van der Waals surface area contributed by atoms with Crippen LogP contribution in [0.4, 0.5) is 4.39 Å². The van der Waals surface area contributed by atoms with Gasteiger partial charge in [-0.2, -0.15) is 0 Å². The first kappa shape index (κ1) is 17.7. The summed E-state index contributed by atoms with van der Waals surface area (Å²) in [7, 11) is 3.35. The fourth-order valence-electron chi connectivity index (χ4n) is 1.90. The number of aliphatic imine (C=N–C) groups is 1. The monoisotopic (exact) mass is 332 g/mol. The number of halogens is 1. The van der Waals surface area contributed by atoms with Crippen molar-refractivity contribution < 1.29 is 13.9 Å². The van der Waals surface area contributed by atoms with E-state index in [0.717, 1.165) is 5.56 Å². The van der Waals surface area contributed by atoms with Crippen molar-refractivity contribution in [1.29, 1.82) is 0 Å². The molecular weight excluding hydrogens is 311 g/mol. The highest BCUT2D eigenvalue weighted by Crippen LogP contribution is 2.19. The van der Waals surface area contributed by atoms with Crippen molar-refractivity contribution in [3.63, 3.8) is 0 Å². The van der Waals surface area contributed by atoms with E-state index < -0.39 is 0 Å². The number of hydrogen-bond donors (Lipinski definition) is 2. The van der Waals surface area contributed by atoms with Crippen molar-refractivity contribution in [2.75, 3.05) is 27.3 Å². The lowest BCUT2D eigenvalue weighted by atomic mass is 10.3. The summed E-state index contributed by atoms with van der Waals surface area (Å²) in [5.41, 5.74) is 0.969. The van der Waals surface area contributed by atoms with Crippen LogP contribution in [0.15, 0.2) is 47.6 Å². The van der Waals surface area contributed by atoms with Crippen LogP contribution in [-0.4, -0.2) is 38.3 Å². The third-order valence-electron chi connectivity index (χ3n) is 3.10. The molecule has 0 fully saturated rings. The van der Waals surface area contributed by atoms with Crippen molar-refractivity contribution >= 4 is 5.96 Å². The highest BCUT2D eigenvalue weighted by Gasteiger charge is 2.02. The van der Waals surface area contributed by atoms with Gasteiger partial charge in [0, 0.05) is 45.6 Å². The first-order valence-electron chi connectivity index (χ1n) is 7.53. The number of guanidine groups is 1. The summed E-state index contributed by atoms with van der Waals surface area (Å²) in [6, 6.07) is 9.57. The zero-order valence-corrected chi connectivity index (χ0v) is 13.8. The normalized spacial score (nSPS) is 11.2. The Morgan fingerprint density at radius 1 is 1.25 bits per heavy atom. The van der Waals surface area contributed by atoms with Crippen LogP contribution < -0.4 is 15.4 Å². The molecule has 0 saturated carbocycles. The van der Waals surface area contributed by atoms with Crippen LogP contribution in [0.25, 0.3) is 0 Å². The van der Waals surface area contributed by atoms with Gasteiger partial charge in [-0.05, 0) is 17.7 Å². The zero-order valence-electron chi connectivity index (χ0n) is 13.8. The smallest absolute Gasteiger partial charge is 0.219 e. The minimum Gasteiger partial charge on any atom is -0.439 e. The minimum absolute atomic E-state index is 0.347. The molecule has 0 saturated heterocycles. The van der Waals surface area contributed by atoms with Gasteiger partial charge in [0.1, 0.15) is 11.6 Å². The molecule has 0 atom stereocenters. The van der Waals surface area contributed by atoms with E-state index in [1.165, 1.54) is 12.1 Å². The Labute approximate surface area is 140 Å². The van der Waals surface area contributed by atoms with Gasteiger partial charge in [0.2, 0.25) is 5.88 Å². The Balaban J connectivity index is 1.85. The second kappa shape index (κ2) is 9.46. The Kier molecular flexibility index (Phi) is 6.97. The lowest BCUT2D eigenvalue weighted by Crippen LogP contribution is -2.38. The molecule has 0 amide bonds. The number of hydrogen-bond acceptors (Lipinski definition) is 4. The molecule has 2 rings (SSSR count). The van der Waals surface area contributed by atoms with Crippen LogP contribution in [0.2, 0.25) is 0 Å². The molecule has 0 aliphatic heterocycles. The van der Waals surface area contributed by atoms with E-state index in [2.05, 4.69) is 20.6 Å². The average molecular weight is 332 g/mol. The number of methoxy groups -OCH3 is 1. The Hall–Kier alpha value is -2.67. The summed E-state index contributed by atoms with van der Waals surface area (Å²) in [6.45, 7) is 1.85. The molecule has 1 aromatic carbocycles. The van der Waals surface area contributed by atoms with Crippen molar-refractivity contribution in [3.8, 4) is 11.6 Å². The van der Waals surface area contributed by atoms with Crippen molar-refractivity contribution in [1.82, 2.24) is 15.6 Å². The van der Waals surface area contributed by atoms with E-state index in [1.807, 2.05) is 6.07 Å². The molecule has 0 bridgehead atoms. The summed E-state index contributed by atoms with van der Waals surface area (Å²) in [6.07, 6.45) is 1.70. The molecule has 7 heteroatoms. The topological polar surface area (TPSA) is 67.8 Å². The highest BCUT2D eigenvalue weighted by molar-refractivity contribution is 5.79. The van der Waals surface area contributed by atoms with Crippen LogP contribution in [0.5, 0.6) is 11.6 Å². The Morgan fingerprint density at radius 3 is 2.79 bits per heavy atom. The fourth-order valence-corrected chi connectivity index (χ4v) is 1.90. The Morgan fingerprint density at radius 2 is 2.12 bits per heavy atom. The summed E-state index contributed by atoms with van der Waals surface area (Å²) in [5.74, 6) is 1.16. The quantitative estimate of drug-likeness (QED) is 0.463. The minimum atomic E-state index is -0.347. The van der Waals surface area contributed by atoms with Gasteiger partial charge >= 0.3 is 0 Å². The number of benzene rings is 1. The predicted octanol–water partition coefficient (Wildman–Crippen LogP) is 2.32. The second-order valence-electron chi connectivity index (χ2n) is 4.91. The molecule has 0 unspecified atom stereocenters. The van der Waals surface area contributed by atoms with Gasteiger partial charge in [0.25, 0.3) is 0 Å². The van der Waals surface area contributed by atoms with E-state index in [-0.39, 0.29) is 5.82 Å². The first-order chi connectivity index (χ1) is 11.7. The molecule has 128 valence electrons. The first-order valence-corrected chi connectivity index (χ1v) is 7.53. The molecule has 0 aliphatic carbocycles. The molecule has 2 aromatic rings. The van der Waals surface area contributed by atoms with Gasteiger partial charge < -0.3 is 20.1 Å². The molecule has 0 aliphatic rings. The van der Waals surface area contributed by atoms with E-state index in [9.17, 15) is 4.39 Å². The van der Waals surface area contributed by atoms with Gasteiger partial charge in [-0.15, -0.1) is 0 Å². The van der Waals surface area contributed by atoms with Gasteiger partial charge in [0.05, 0.1) is 6.61 Å². The molecule has 0 radical (unpaired) electrons. The molecule has 2 N–H and O–H groups in total. The maximum Gasteiger partial charge on any atom is 0.219 e. The van der Waals surface area contributed by atoms with Crippen molar-refractivity contribution in [3.05, 3.63) is 54.0 Å². The van der Waals surface area contributed by atoms with E-state index >= 15 is 0 Å². The molecular formula is C17H21FN4O2. The summed E-state index contributed by atoms with van der Waals surface area (Å²) in [5, 5.41) is 6.30. The van der Waals surface area contributed by atoms with Crippen molar-refractivity contribution in [2.24, 2.45) is 4.99 Å². The fraction of sp³-hybridized carbons (Fsp3) is 0.294. The molecule has 6 nitrogen and oxygen atoms in total. The summed E-state index contributed by atoms with van der Waals surface area (Å²) in [4.78, 5) is 8.33. The third kappa shape index (κ3) is 5.85. The Bertz CT molecular complexity index is 662. The largest absolute Gasteiger partial charge is 0.439 e. The van der Waals surface area contributed by atoms with E-state index in [4.69, 9.17) is 9.47 Å². The highest BCUT2D eigenvalue weighted by atomic mass is 19.1. The maximum atomic E-state index is 13.1. The third-order valence-corrected chi connectivity index (χ3v) is 3.10. The van der Waals surface area contributed by atoms with Gasteiger partial charge in [-0.25, -0.2) is 9.37 Å². The number of ether oxygens (including phenoxy) is 2. The van der Waals surface area contributed by atoms with Crippen LogP contribution in [0, 0.1) is 5.82 Å². The number of aromatic nitrogens is 1. The average Bonchev–Trinajstić information content (AvgIpc) is 2.59. The van der Waals surface area contributed by atoms with E-state index in [0.29, 0.717) is 37.3 Å². The number of rotatable bonds is 7. The van der Waals surface area contributed by atoms with Crippen LogP contribution in [0.3, 0.4) is 0 Å². The standard InChI is InChI=1S/C17H21FN4O2/c1-19-17(20-8-9-23-2)22-12-13-6-7-16(21-11-13)24-15-5-3-4-14(18)10-15/h3-7,10-11H,8-9,12H2,1-2H3,(H2,19,20,22). The molecule has 1 heterocycles. The van der Waals surface area contributed by atoms with Crippen LogP contribution in [-0.2, 0) is 11.3 Å². The number of pyridine rings is 1. The number of nitrogens with one attached hydrogen (secondary N) is 2. The molecule has 1 aromatic heterocycles. The molecule has 0 spiro atoms. The summed E-state index contributed by atoms with van der Waals surface area (Å²) < 4.78 is 23.6. The lowest BCUT2D eigenvalue weighted by Gasteiger charge is -2.11. The van der Waals surface area contributed by atoms with Crippen LogP contribution in [0.1, 0.15) is 5.56 Å². The second-order valence-corrected chi connectivity index (χ2v) is 4.91. The van der Waals surface area contributed by atoms with Gasteiger partial charge in [-0.1, -0.05) is 12.1 Å². The van der Waals surface area contributed by atoms with Gasteiger partial charge in [-0.3, -0.25) is 4.99 Å². The van der Waals surface area contributed by atoms with E-state index in [1.54, 1.807) is 38.6 Å². The lowest BCUT2D eigenvalue weighted by molar-refractivity contribution is 0.203. The maximum absolute atomic E-state index is 13.1. The SMILES string of the molecule is CN=C(NCCOC)NCc1ccc(Oc2cccc(F)c2)nc1. The molecule has 24 heavy (non-hydrogen) atoms. The predicted molar refractivity (Wildman–Crippen MR) is 90.8 cm³/mol.